The summed E-state index contributed by atoms with van der Waals surface area (Å²) in [6.07, 6.45) is 0. The van der Waals surface area contributed by atoms with Crippen LogP contribution in [0.3, 0.4) is 0 Å². The van der Waals surface area contributed by atoms with Crippen molar-refractivity contribution in [3.05, 3.63) is 28.2 Å². The lowest BCUT2D eigenvalue weighted by atomic mass is 10.1. The third-order valence-corrected chi connectivity index (χ3v) is 3.06. The highest BCUT2D eigenvalue weighted by Crippen LogP contribution is 2.24. The molecule has 4 heteroatoms. The third kappa shape index (κ3) is 3.90. The molecule has 0 spiro atoms. The van der Waals surface area contributed by atoms with Crippen LogP contribution in [-0.4, -0.2) is 12.6 Å². The first-order valence-corrected chi connectivity index (χ1v) is 5.71. The number of hydrogen-bond acceptors (Lipinski definition) is 2. The Hall–Kier alpha value is -0.440. The second-order valence-corrected chi connectivity index (χ2v) is 4.73. The molecule has 1 atom stereocenters. The predicted molar refractivity (Wildman–Crippen MR) is 67.8 cm³/mol. The van der Waals surface area contributed by atoms with Crippen molar-refractivity contribution < 1.29 is 0 Å². The Morgan fingerprint density at radius 2 is 1.93 bits per heavy atom. The highest BCUT2D eigenvalue weighted by atomic mass is 35.5. The lowest BCUT2D eigenvalue weighted by molar-refractivity contribution is 0.511. The van der Waals surface area contributed by atoms with E-state index in [4.69, 9.17) is 28.9 Å². The van der Waals surface area contributed by atoms with E-state index in [0.29, 0.717) is 16.0 Å². The largest absolute Gasteiger partial charge is 0.383 e. The predicted octanol–water partition coefficient (Wildman–Crippen LogP) is 3.39. The normalized spacial score (nSPS) is 12.9. The average Bonchev–Trinajstić information content (AvgIpc) is 2.19. The van der Waals surface area contributed by atoms with E-state index in [2.05, 4.69) is 19.2 Å². The van der Waals surface area contributed by atoms with Gasteiger partial charge in [0.1, 0.15) is 0 Å². The minimum Gasteiger partial charge on any atom is -0.383 e. The van der Waals surface area contributed by atoms with Crippen molar-refractivity contribution in [3.63, 3.8) is 0 Å². The lowest BCUT2D eigenvalue weighted by Crippen LogP contribution is -2.33. The maximum Gasteiger partial charge on any atom is 0.0612 e. The summed E-state index contributed by atoms with van der Waals surface area (Å²) in [5.41, 5.74) is 6.86. The van der Waals surface area contributed by atoms with Gasteiger partial charge in [0.2, 0.25) is 0 Å². The van der Waals surface area contributed by atoms with Crippen LogP contribution in [0.1, 0.15) is 13.8 Å². The Labute approximate surface area is 101 Å². The summed E-state index contributed by atoms with van der Waals surface area (Å²) < 4.78 is 0. The highest BCUT2D eigenvalue weighted by Gasteiger charge is 2.07. The van der Waals surface area contributed by atoms with E-state index in [-0.39, 0.29) is 6.04 Å². The van der Waals surface area contributed by atoms with Crippen molar-refractivity contribution in [3.8, 4) is 0 Å². The molecule has 0 heterocycles. The van der Waals surface area contributed by atoms with Gasteiger partial charge in [0.15, 0.2) is 0 Å². The van der Waals surface area contributed by atoms with E-state index in [0.717, 1.165) is 12.2 Å². The monoisotopic (exact) mass is 246 g/mol. The van der Waals surface area contributed by atoms with E-state index < -0.39 is 0 Å². The number of nitrogens with two attached hydrogens (primary N) is 1. The maximum atomic E-state index is 5.91. The van der Waals surface area contributed by atoms with Crippen LogP contribution in [0.5, 0.6) is 0 Å². The van der Waals surface area contributed by atoms with Crippen LogP contribution in [0.15, 0.2) is 18.2 Å². The topological polar surface area (TPSA) is 38.0 Å². The van der Waals surface area contributed by atoms with Crippen molar-refractivity contribution in [1.82, 2.24) is 0 Å². The molecule has 0 aromatic heterocycles. The quantitative estimate of drug-likeness (QED) is 0.855. The molecule has 1 rings (SSSR count). The number of benzene rings is 1. The number of rotatable bonds is 4. The molecule has 0 saturated heterocycles. The Kier molecular flexibility index (Phi) is 4.71. The molecule has 0 fully saturated rings. The standard InChI is InChI=1S/C11H16Cl2N2/c1-7(2)11(14)6-15-8-3-4-9(12)10(13)5-8/h3-5,7,11,15H,6,14H2,1-2H3. The van der Waals surface area contributed by atoms with E-state index in [1.165, 1.54) is 0 Å². The van der Waals surface area contributed by atoms with Crippen molar-refractivity contribution in [2.24, 2.45) is 11.7 Å². The van der Waals surface area contributed by atoms with Gasteiger partial charge in [-0.25, -0.2) is 0 Å². The molecule has 0 amide bonds. The van der Waals surface area contributed by atoms with Crippen LogP contribution in [0, 0.1) is 5.92 Å². The van der Waals surface area contributed by atoms with Crippen LogP contribution in [0.25, 0.3) is 0 Å². The number of anilines is 1. The summed E-state index contributed by atoms with van der Waals surface area (Å²) in [5.74, 6) is 0.459. The van der Waals surface area contributed by atoms with Crippen molar-refractivity contribution in [1.29, 1.82) is 0 Å². The minimum atomic E-state index is 0.138. The Bertz CT molecular complexity index is 326. The summed E-state index contributed by atoms with van der Waals surface area (Å²) in [6, 6.07) is 5.60. The van der Waals surface area contributed by atoms with Gasteiger partial charge in [0, 0.05) is 18.3 Å². The summed E-state index contributed by atoms with van der Waals surface area (Å²) in [6.45, 7) is 4.93. The molecule has 84 valence electrons. The first-order valence-electron chi connectivity index (χ1n) is 4.95. The molecule has 1 unspecified atom stereocenters. The second-order valence-electron chi connectivity index (χ2n) is 3.92. The Balaban J connectivity index is 2.55. The Morgan fingerprint density at radius 1 is 1.27 bits per heavy atom. The minimum absolute atomic E-state index is 0.138. The summed E-state index contributed by atoms with van der Waals surface area (Å²) >= 11 is 11.7. The van der Waals surface area contributed by atoms with Gasteiger partial charge in [-0.2, -0.15) is 0 Å². The SMILES string of the molecule is CC(C)C(N)CNc1ccc(Cl)c(Cl)c1. The fourth-order valence-corrected chi connectivity index (χ4v) is 1.38. The smallest absolute Gasteiger partial charge is 0.0612 e. The third-order valence-electron chi connectivity index (χ3n) is 2.32. The zero-order valence-electron chi connectivity index (χ0n) is 8.93. The van der Waals surface area contributed by atoms with Gasteiger partial charge in [0.25, 0.3) is 0 Å². The van der Waals surface area contributed by atoms with E-state index in [1.54, 1.807) is 12.1 Å². The van der Waals surface area contributed by atoms with E-state index >= 15 is 0 Å². The van der Waals surface area contributed by atoms with Crippen LogP contribution in [0.2, 0.25) is 10.0 Å². The fraction of sp³-hybridized carbons (Fsp3) is 0.455. The van der Waals surface area contributed by atoms with E-state index in [1.807, 2.05) is 6.07 Å². The summed E-state index contributed by atoms with van der Waals surface area (Å²) in [4.78, 5) is 0. The van der Waals surface area contributed by atoms with Gasteiger partial charge >= 0.3 is 0 Å². The van der Waals surface area contributed by atoms with Crippen molar-refractivity contribution in [2.75, 3.05) is 11.9 Å². The fourth-order valence-electron chi connectivity index (χ4n) is 1.08. The van der Waals surface area contributed by atoms with Gasteiger partial charge in [-0.15, -0.1) is 0 Å². The Morgan fingerprint density at radius 3 is 2.47 bits per heavy atom. The van der Waals surface area contributed by atoms with Gasteiger partial charge in [-0.3, -0.25) is 0 Å². The number of nitrogens with one attached hydrogen (secondary N) is 1. The molecule has 3 N–H and O–H groups in total. The van der Waals surface area contributed by atoms with Gasteiger partial charge in [-0.05, 0) is 24.1 Å². The molecule has 0 aliphatic heterocycles. The number of hydrogen-bond donors (Lipinski definition) is 2. The molecule has 2 nitrogen and oxygen atoms in total. The molecular formula is C11H16Cl2N2. The van der Waals surface area contributed by atoms with Crippen LogP contribution >= 0.6 is 23.2 Å². The molecule has 15 heavy (non-hydrogen) atoms. The summed E-state index contributed by atoms with van der Waals surface area (Å²) in [5, 5.41) is 4.35. The average molecular weight is 247 g/mol. The molecule has 1 aromatic carbocycles. The van der Waals surface area contributed by atoms with Crippen molar-refractivity contribution >= 4 is 28.9 Å². The van der Waals surface area contributed by atoms with Gasteiger partial charge in [-0.1, -0.05) is 37.0 Å². The van der Waals surface area contributed by atoms with Crippen LogP contribution in [-0.2, 0) is 0 Å². The molecule has 0 aliphatic carbocycles. The highest BCUT2D eigenvalue weighted by molar-refractivity contribution is 6.42. The zero-order valence-corrected chi connectivity index (χ0v) is 10.4. The van der Waals surface area contributed by atoms with Crippen LogP contribution < -0.4 is 11.1 Å². The first kappa shape index (κ1) is 12.6. The molecule has 0 aliphatic rings. The van der Waals surface area contributed by atoms with Crippen LogP contribution in [0.4, 0.5) is 5.69 Å². The maximum absolute atomic E-state index is 5.91. The number of halogens is 2. The van der Waals surface area contributed by atoms with Gasteiger partial charge in [0.05, 0.1) is 10.0 Å². The molecule has 0 radical (unpaired) electrons. The van der Waals surface area contributed by atoms with E-state index in [9.17, 15) is 0 Å². The first-order chi connectivity index (χ1) is 7.00. The summed E-state index contributed by atoms with van der Waals surface area (Å²) in [7, 11) is 0. The molecule has 1 aromatic rings. The molecular weight excluding hydrogens is 231 g/mol. The zero-order chi connectivity index (χ0) is 11.4. The lowest BCUT2D eigenvalue weighted by Gasteiger charge is -2.17. The van der Waals surface area contributed by atoms with Gasteiger partial charge < -0.3 is 11.1 Å². The molecule has 0 bridgehead atoms. The molecule has 0 saturated carbocycles. The van der Waals surface area contributed by atoms with Crippen molar-refractivity contribution in [2.45, 2.75) is 19.9 Å². The second kappa shape index (κ2) is 5.59.